The summed E-state index contributed by atoms with van der Waals surface area (Å²) in [5.74, 6) is 0. The molecule has 0 aromatic heterocycles. The smallest absolute Gasteiger partial charge is 0.0374 e. The molecule has 1 aliphatic rings. The minimum Gasteiger partial charge on any atom is -0.383 e. The quantitative estimate of drug-likeness (QED) is 0.727. The van der Waals surface area contributed by atoms with Crippen LogP contribution in [0.2, 0.25) is 0 Å². The first kappa shape index (κ1) is 9.53. The van der Waals surface area contributed by atoms with E-state index in [9.17, 15) is 0 Å². The zero-order valence-corrected chi connectivity index (χ0v) is 9.17. The van der Waals surface area contributed by atoms with Crippen LogP contribution in [0.5, 0.6) is 0 Å². The van der Waals surface area contributed by atoms with Gasteiger partial charge in [-0.25, -0.2) is 0 Å². The van der Waals surface area contributed by atoms with Crippen LogP contribution in [0.25, 0.3) is 0 Å². The third-order valence-corrected chi connectivity index (χ3v) is 2.97. The van der Waals surface area contributed by atoms with E-state index in [-0.39, 0.29) is 0 Å². The molecule has 0 aliphatic carbocycles. The van der Waals surface area contributed by atoms with Crippen LogP contribution < -0.4 is 5.32 Å². The summed E-state index contributed by atoms with van der Waals surface area (Å²) < 4.78 is 0. The van der Waals surface area contributed by atoms with Crippen molar-refractivity contribution in [3.8, 4) is 0 Å². The summed E-state index contributed by atoms with van der Waals surface area (Å²) in [6.07, 6.45) is 1.16. The summed E-state index contributed by atoms with van der Waals surface area (Å²) in [6, 6.07) is 7.28. The Kier molecular flexibility index (Phi) is 2.46. The Hall–Kier alpha value is -1.02. The van der Waals surface area contributed by atoms with Crippen LogP contribution in [-0.2, 0) is 6.42 Å². The average molecular weight is 190 g/mol. The molecule has 2 rings (SSSR count). The molecule has 14 heavy (non-hydrogen) atoms. The highest BCUT2D eigenvalue weighted by atomic mass is 15.1. The number of hydrogen-bond acceptors (Lipinski definition) is 2. The number of fused-ring (bicyclic) bond motifs is 1. The van der Waals surface area contributed by atoms with Gasteiger partial charge in [0.15, 0.2) is 0 Å². The molecular formula is C12H18N2. The van der Waals surface area contributed by atoms with Gasteiger partial charge in [-0.2, -0.15) is 0 Å². The Morgan fingerprint density at radius 1 is 1.36 bits per heavy atom. The minimum atomic E-state index is 0.629. The molecule has 0 bridgehead atoms. The maximum absolute atomic E-state index is 3.48. The number of rotatable bonds is 1. The summed E-state index contributed by atoms with van der Waals surface area (Å²) in [7, 11) is 4.29. The molecule has 0 spiro atoms. The van der Waals surface area contributed by atoms with Crippen molar-refractivity contribution < 1.29 is 0 Å². The van der Waals surface area contributed by atoms with Gasteiger partial charge in [0.1, 0.15) is 0 Å². The molecule has 1 N–H and O–H groups in total. The fourth-order valence-corrected chi connectivity index (χ4v) is 1.98. The lowest BCUT2D eigenvalue weighted by Gasteiger charge is -2.31. The summed E-state index contributed by atoms with van der Waals surface area (Å²) in [4.78, 5) is 2.29. The third-order valence-electron chi connectivity index (χ3n) is 2.97. The predicted molar refractivity (Wildman–Crippen MR) is 60.8 cm³/mol. The van der Waals surface area contributed by atoms with Gasteiger partial charge >= 0.3 is 0 Å². The zero-order valence-electron chi connectivity index (χ0n) is 9.17. The minimum absolute atomic E-state index is 0.629. The molecular weight excluding hydrogens is 172 g/mol. The maximum Gasteiger partial charge on any atom is 0.0374 e. The molecule has 2 nitrogen and oxygen atoms in total. The monoisotopic (exact) mass is 190 g/mol. The highest BCUT2D eigenvalue weighted by molar-refractivity contribution is 5.55. The molecule has 0 radical (unpaired) electrons. The van der Waals surface area contributed by atoms with Gasteiger partial charge in [-0.1, -0.05) is 17.7 Å². The zero-order chi connectivity index (χ0) is 10.1. The van der Waals surface area contributed by atoms with Gasteiger partial charge in [0.2, 0.25) is 0 Å². The van der Waals surface area contributed by atoms with Crippen molar-refractivity contribution in [3.05, 3.63) is 29.3 Å². The van der Waals surface area contributed by atoms with Gasteiger partial charge in [-0.15, -0.1) is 0 Å². The first-order valence-corrected chi connectivity index (χ1v) is 5.16. The lowest BCUT2D eigenvalue weighted by Crippen LogP contribution is -2.39. The van der Waals surface area contributed by atoms with Crippen LogP contribution in [0.1, 0.15) is 11.1 Å². The van der Waals surface area contributed by atoms with Crippen molar-refractivity contribution in [1.29, 1.82) is 0 Å². The molecule has 1 heterocycles. The van der Waals surface area contributed by atoms with E-state index < -0.39 is 0 Å². The van der Waals surface area contributed by atoms with E-state index in [1.165, 1.54) is 16.8 Å². The van der Waals surface area contributed by atoms with Gasteiger partial charge in [-0.3, -0.25) is 0 Å². The predicted octanol–water partition coefficient (Wildman–Crippen LogP) is 1.89. The molecule has 1 aromatic carbocycles. The number of likely N-dealkylation sites (N-methyl/N-ethyl adjacent to an activating group) is 1. The first-order chi connectivity index (χ1) is 6.66. The Morgan fingerprint density at radius 3 is 2.86 bits per heavy atom. The van der Waals surface area contributed by atoms with Crippen LogP contribution in [-0.4, -0.2) is 31.6 Å². The van der Waals surface area contributed by atoms with Gasteiger partial charge in [0, 0.05) is 18.3 Å². The average Bonchev–Trinajstić information content (AvgIpc) is 2.16. The second-order valence-corrected chi connectivity index (χ2v) is 4.36. The van der Waals surface area contributed by atoms with Crippen LogP contribution in [0.3, 0.4) is 0 Å². The van der Waals surface area contributed by atoms with E-state index >= 15 is 0 Å². The number of nitrogens with one attached hydrogen (secondary N) is 1. The fourth-order valence-electron chi connectivity index (χ4n) is 1.98. The largest absolute Gasteiger partial charge is 0.383 e. The van der Waals surface area contributed by atoms with Crippen molar-refractivity contribution in [2.24, 2.45) is 0 Å². The Balaban J connectivity index is 2.24. The molecule has 0 saturated heterocycles. The molecule has 0 amide bonds. The van der Waals surface area contributed by atoms with Crippen molar-refractivity contribution >= 4 is 5.69 Å². The van der Waals surface area contributed by atoms with Crippen molar-refractivity contribution in [3.63, 3.8) is 0 Å². The van der Waals surface area contributed by atoms with Crippen molar-refractivity contribution in [1.82, 2.24) is 4.90 Å². The molecule has 76 valence electrons. The van der Waals surface area contributed by atoms with E-state index in [1.54, 1.807) is 0 Å². The molecule has 1 unspecified atom stereocenters. The summed E-state index contributed by atoms with van der Waals surface area (Å²) in [6.45, 7) is 3.21. The first-order valence-electron chi connectivity index (χ1n) is 5.16. The second kappa shape index (κ2) is 3.62. The molecule has 1 atom stereocenters. The fraction of sp³-hybridized carbons (Fsp3) is 0.500. The van der Waals surface area contributed by atoms with Crippen LogP contribution >= 0.6 is 0 Å². The highest BCUT2D eigenvalue weighted by Crippen LogP contribution is 2.24. The van der Waals surface area contributed by atoms with Gasteiger partial charge in [0.05, 0.1) is 0 Å². The number of anilines is 1. The summed E-state index contributed by atoms with van der Waals surface area (Å²) in [5.41, 5.74) is 4.12. The normalized spacial score (nSPS) is 20.4. The highest BCUT2D eigenvalue weighted by Gasteiger charge is 2.19. The Morgan fingerprint density at radius 2 is 2.14 bits per heavy atom. The third kappa shape index (κ3) is 1.75. The van der Waals surface area contributed by atoms with E-state index in [0.717, 1.165) is 13.0 Å². The summed E-state index contributed by atoms with van der Waals surface area (Å²) in [5, 5.41) is 3.48. The number of aryl methyl sites for hydroxylation is 1. The van der Waals surface area contributed by atoms with Gasteiger partial charge in [-0.05, 0) is 39.1 Å². The van der Waals surface area contributed by atoms with Crippen LogP contribution in [0.4, 0.5) is 5.69 Å². The van der Waals surface area contributed by atoms with Crippen LogP contribution in [0, 0.1) is 6.92 Å². The van der Waals surface area contributed by atoms with Crippen molar-refractivity contribution in [2.45, 2.75) is 19.4 Å². The molecule has 1 aliphatic heterocycles. The molecule has 0 fully saturated rings. The topological polar surface area (TPSA) is 15.3 Å². The standard InChI is InChI=1S/C12H18N2/c1-9-4-5-12-10(6-9)7-11(8-13-12)14(2)3/h4-6,11,13H,7-8H2,1-3H3. The maximum atomic E-state index is 3.48. The molecule has 2 heteroatoms. The molecule has 1 aromatic rings. The summed E-state index contributed by atoms with van der Waals surface area (Å²) >= 11 is 0. The lowest BCUT2D eigenvalue weighted by molar-refractivity contribution is 0.299. The molecule has 0 saturated carbocycles. The van der Waals surface area contributed by atoms with E-state index in [0.29, 0.717) is 6.04 Å². The van der Waals surface area contributed by atoms with E-state index in [2.05, 4.69) is 49.4 Å². The number of hydrogen-bond donors (Lipinski definition) is 1. The SMILES string of the molecule is Cc1ccc2c(c1)CC(N(C)C)CN2. The van der Waals surface area contributed by atoms with Gasteiger partial charge in [0.25, 0.3) is 0 Å². The van der Waals surface area contributed by atoms with Gasteiger partial charge < -0.3 is 10.2 Å². The number of nitrogens with zero attached hydrogens (tertiary/aromatic N) is 1. The second-order valence-electron chi connectivity index (χ2n) is 4.36. The lowest BCUT2D eigenvalue weighted by atomic mass is 9.97. The van der Waals surface area contributed by atoms with E-state index in [4.69, 9.17) is 0 Å². The Bertz CT molecular complexity index is 331. The van der Waals surface area contributed by atoms with Crippen LogP contribution in [0.15, 0.2) is 18.2 Å². The van der Waals surface area contributed by atoms with Crippen molar-refractivity contribution in [2.75, 3.05) is 26.0 Å². The Labute approximate surface area is 85.9 Å². The number of benzene rings is 1. The van der Waals surface area contributed by atoms with E-state index in [1.807, 2.05) is 0 Å².